The SMILES string of the molecule is CC(C)[C@]1(C(=O)N2CCc3c(cc(C(F)(F)F)cc3C(=O)O)C2)CCC(N2CCC(c3ccc(F)cc3)CC2)C1. The Morgan fingerprint density at radius 1 is 1.02 bits per heavy atom. The van der Waals surface area contributed by atoms with Crippen molar-refractivity contribution >= 4 is 11.9 Å². The number of hydrogen-bond acceptors (Lipinski definition) is 3. The van der Waals surface area contributed by atoms with Crippen molar-refractivity contribution in [2.75, 3.05) is 19.6 Å². The third-order valence-corrected chi connectivity index (χ3v) is 9.62. The third-order valence-electron chi connectivity index (χ3n) is 9.62. The Morgan fingerprint density at radius 3 is 2.30 bits per heavy atom. The fourth-order valence-corrected chi connectivity index (χ4v) is 7.20. The second-order valence-electron chi connectivity index (χ2n) is 12.0. The highest BCUT2D eigenvalue weighted by molar-refractivity contribution is 5.91. The van der Waals surface area contributed by atoms with E-state index in [1.54, 1.807) is 4.90 Å². The highest BCUT2D eigenvalue weighted by atomic mass is 19.4. The maximum Gasteiger partial charge on any atom is 0.416 e. The topological polar surface area (TPSA) is 60.9 Å². The van der Waals surface area contributed by atoms with Gasteiger partial charge in [-0.2, -0.15) is 13.2 Å². The second kappa shape index (κ2) is 10.8. The minimum atomic E-state index is -4.67. The smallest absolute Gasteiger partial charge is 0.416 e. The molecule has 2 fully saturated rings. The average molecular weight is 561 g/mol. The molecule has 40 heavy (non-hydrogen) atoms. The van der Waals surface area contributed by atoms with Crippen LogP contribution in [-0.4, -0.2) is 52.5 Å². The summed E-state index contributed by atoms with van der Waals surface area (Å²) in [6.45, 7) is 6.18. The van der Waals surface area contributed by atoms with Crippen LogP contribution in [0.1, 0.15) is 84.5 Å². The number of carbonyl (C=O) groups is 2. The Balaban J connectivity index is 1.30. The largest absolute Gasteiger partial charge is 0.478 e. The molecular formula is C31H36F4N2O3. The van der Waals surface area contributed by atoms with E-state index in [2.05, 4.69) is 4.90 Å². The number of carbonyl (C=O) groups excluding carboxylic acids is 1. The summed E-state index contributed by atoms with van der Waals surface area (Å²) in [5.74, 6) is -1.21. The molecule has 0 spiro atoms. The average Bonchev–Trinajstić information content (AvgIpc) is 3.39. The Kier molecular flexibility index (Phi) is 7.72. The number of benzene rings is 2. The molecule has 5 nitrogen and oxygen atoms in total. The van der Waals surface area contributed by atoms with Gasteiger partial charge in [0.1, 0.15) is 5.82 Å². The molecule has 2 aliphatic heterocycles. The molecule has 2 heterocycles. The van der Waals surface area contributed by atoms with Crippen LogP contribution in [0.4, 0.5) is 17.6 Å². The number of hydrogen-bond donors (Lipinski definition) is 1. The van der Waals surface area contributed by atoms with Crippen LogP contribution in [0.5, 0.6) is 0 Å². The first-order valence-corrected chi connectivity index (χ1v) is 14.1. The second-order valence-corrected chi connectivity index (χ2v) is 12.0. The lowest BCUT2D eigenvalue weighted by Gasteiger charge is -2.41. The summed E-state index contributed by atoms with van der Waals surface area (Å²) >= 11 is 0. The van der Waals surface area contributed by atoms with Crippen molar-refractivity contribution in [1.82, 2.24) is 9.80 Å². The van der Waals surface area contributed by atoms with Crippen LogP contribution in [0, 0.1) is 17.2 Å². The van der Waals surface area contributed by atoms with E-state index in [-0.39, 0.29) is 47.8 Å². The summed E-state index contributed by atoms with van der Waals surface area (Å²) in [5.41, 5.74) is -0.126. The number of aromatic carboxylic acids is 1. The summed E-state index contributed by atoms with van der Waals surface area (Å²) in [7, 11) is 0. The number of nitrogens with zero attached hydrogens (tertiary/aromatic N) is 2. The van der Waals surface area contributed by atoms with Gasteiger partial charge in [0, 0.05) is 19.1 Å². The number of likely N-dealkylation sites (tertiary alicyclic amines) is 1. The van der Waals surface area contributed by atoms with Crippen LogP contribution in [0.3, 0.4) is 0 Å². The monoisotopic (exact) mass is 560 g/mol. The molecule has 9 heteroatoms. The maximum atomic E-state index is 14.1. The van der Waals surface area contributed by atoms with Gasteiger partial charge in [0.2, 0.25) is 5.91 Å². The summed E-state index contributed by atoms with van der Waals surface area (Å²) < 4.78 is 53.9. The lowest BCUT2D eigenvalue weighted by molar-refractivity contribution is -0.146. The van der Waals surface area contributed by atoms with Crippen molar-refractivity contribution in [3.63, 3.8) is 0 Å². The molecule has 216 valence electrons. The zero-order valence-corrected chi connectivity index (χ0v) is 22.9. The molecule has 0 radical (unpaired) electrons. The van der Waals surface area contributed by atoms with E-state index in [1.165, 1.54) is 12.1 Å². The van der Waals surface area contributed by atoms with Crippen molar-refractivity contribution in [2.24, 2.45) is 11.3 Å². The van der Waals surface area contributed by atoms with Gasteiger partial charge in [-0.25, -0.2) is 9.18 Å². The quantitative estimate of drug-likeness (QED) is 0.424. The normalized spacial score (nSPS) is 24.4. The fraction of sp³-hybridized carbons (Fsp3) is 0.548. The number of halogens is 4. The number of alkyl halides is 3. The fourth-order valence-electron chi connectivity index (χ4n) is 7.20. The van der Waals surface area contributed by atoms with Crippen molar-refractivity contribution in [3.05, 3.63) is 70.0 Å². The van der Waals surface area contributed by atoms with Gasteiger partial charge >= 0.3 is 12.1 Å². The summed E-state index contributed by atoms with van der Waals surface area (Å²) in [6.07, 6.45) is -0.197. The van der Waals surface area contributed by atoms with Gasteiger partial charge in [0.15, 0.2) is 0 Å². The van der Waals surface area contributed by atoms with E-state index in [4.69, 9.17) is 0 Å². The molecule has 5 rings (SSSR count). The molecule has 1 aliphatic carbocycles. The molecule has 1 saturated carbocycles. The highest BCUT2D eigenvalue weighted by Gasteiger charge is 2.51. The zero-order chi connectivity index (χ0) is 28.8. The van der Waals surface area contributed by atoms with Crippen LogP contribution < -0.4 is 0 Å². The van der Waals surface area contributed by atoms with Crippen LogP contribution in [0.25, 0.3) is 0 Å². The zero-order valence-electron chi connectivity index (χ0n) is 22.9. The number of fused-ring (bicyclic) bond motifs is 1. The third kappa shape index (κ3) is 5.37. The molecule has 0 bridgehead atoms. The minimum absolute atomic E-state index is 0.0133. The standard InChI is InChI=1S/C31H36F4N2O3/c1-19(2)30(11-7-25(17-30)36-12-8-21(9-13-36)20-3-5-24(32)6-4-20)29(40)37-14-10-26-22(18-37)15-23(31(33,34)35)16-27(26)28(38)39/h3-6,15-16,19,21,25H,7-14,17-18H2,1-2H3,(H,38,39)/t25?,30-/m0/s1. The number of piperidine rings is 1. The first-order valence-electron chi connectivity index (χ1n) is 14.1. The first kappa shape index (κ1) is 28.6. The lowest BCUT2D eigenvalue weighted by atomic mass is 9.73. The molecule has 1 N–H and O–H groups in total. The predicted octanol–water partition coefficient (Wildman–Crippen LogP) is 6.50. The van der Waals surface area contributed by atoms with Crippen molar-refractivity contribution in [3.8, 4) is 0 Å². The van der Waals surface area contributed by atoms with Crippen LogP contribution >= 0.6 is 0 Å². The van der Waals surface area contributed by atoms with Gasteiger partial charge in [-0.15, -0.1) is 0 Å². The number of amides is 1. The highest BCUT2D eigenvalue weighted by Crippen LogP contribution is 2.49. The summed E-state index contributed by atoms with van der Waals surface area (Å²) in [6, 6.07) is 8.71. The van der Waals surface area contributed by atoms with Crippen molar-refractivity contribution in [1.29, 1.82) is 0 Å². The molecular weight excluding hydrogens is 524 g/mol. The van der Waals surface area contributed by atoms with Crippen LogP contribution in [0.15, 0.2) is 36.4 Å². The van der Waals surface area contributed by atoms with Crippen molar-refractivity contribution in [2.45, 2.75) is 77.1 Å². The summed E-state index contributed by atoms with van der Waals surface area (Å²) in [4.78, 5) is 30.0. The first-order chi connectivity index (χ1) is 18.9. The molecule has 2 aromatic carbocycles. The van der Waals surface area contributed by atoms with Gasteiger partial charge < -0.3 is 14.9 Å². The predicted molar refractivity (Wildman–Crippen MR) is 142 cm³/mol. The van der Waals surface area contributed by atoms with E-state index in [0.29, 0.717) is 30.5 Å². The Hall–Kier alpha value is -2.94. The van der Waals surface area contributed by atoms with E-state index in [9.17, 15) is 32.3 Å². The van der Waals surface area contributed by atoms with Crippen molar-refractivity contribution < 1.29 is 32.3 Å². The Labute approximate surface area is 232 Å². The van der Waals surface area contributed by atoms with E-state index in [1.807, 2.05) is 26.0 Å². The van der Waals surface area contributed by atoms with E-state index < -0.39 is 23.1 Å². The Bertz CT molecular complexity index is 1270. The van der Waals surface area contributed by atoms with Gasteiger partial charge in [-0.1, -0.05) is 26.0 Å². The summed E-state index contributed by atoms with van der Waals surface area (Å²) in [5, 5.41) is 9.57. The van der Waals surface area contributed by atoms with Gasteiger partial charge in [-0.05, 0) is 104 Å². The molecule has 0 aromatic heterocycles. The van der Waals surface area contributed by atoms with Crippen LogP contribution in [-0.2, 0) is 23.9 Å². The molecule has 3 aliphatic rings. The minimum Gasteiger partial charge on any atom is -0.478 e. The molecule has 2 aromatic rings. The Morgan fingerprint density at radius 2 is 1.70 bits per heavy atom. The number of carboxylic acids is 1. The van der Waals surface area contributed by atoms with Gasteiger partial charge in [0.05, 0.1) is 16.5 Å². The number of carboxylic acid groups (broad SMARTS) is 1. The van der Waals surface area contributed by atoms with E-state index in [0.717, 1.165) is 50.4 Å². The molecule has 1 unspecified atom stereocenters. The molecule has 1 saturated heterocycles. The van der Waals surface area contributed by atoms with E-state index >= 15 is 0 Å². The lowest BCUT2D eigenvalue weighted by Crippen LogP contribution is -2.49. The van der Waals surface area contributed by atoms with Gasteiger partial charge in [0.25, 0.3) is 0 Å². The van der Waals surface area contributed by atoms with Crippen LogP contribution in [0.2, 0.25) is 0 Å². The van der Waals surface area contributed by atoms with Gasteiger partial charge in [-0.3, -0.25) is 4.79 Å². The number of rotatable bonds is 5. The molecule has 1 amide bonds. The molecule has 2 atom stereocenters. The maximum absolute atomic E-state index is 14.1.